The largest absolute Gasteiger partial charge is 0.393 e. The van der Waals surface area contributed by atoms with Gasteiger partial charge in [0, 0.05) is 12.5 Å². The SMILES string of the molecule is COC[C@]12CCC(O)C=C1CC[C@@H]1[C@H]2CC[C@]2(C)C(O)CC[C@@H]12. The molecule has 4 aliphatic carbocycles. The minimum atomic E-state index is -0.256. The second kappa shape index (κ2) is 5.57. The zero-order valence-electron chi connectivity index (χ0n) is 14.6. The van der Waals surface area contributed by atoms with Gasteiger partial charge in [0.1, 0.15) is 0 Å². The van der Waals surface area contributed by atoms with Crippen LogP contribution in [-0.2, 0) is 4.74 Å². The molecule has 3 nitrogen and oxygen atoms in total. The monoisotopic (exact) mass is 320 g/mol. The smallest absolute Gasteiger partial charge is 0.0724 e. The van der Waals surface area contributed by atoms with Gasteiger partial charge in [-0.05, 0) is 74.5 Å². The summed E-state index contributed by atoms with van der Waals surface area (Å²) in [6.07, 6.45) is 10.6. The summed E-state index contributed by atoms with van der Waals surface area (Å²) in [5, 5.41) is 20.6. The molecule has 130 valence electrons. The van der Waals surface area contributed by atoms with Crippen molar-refractivity contribution < 1.29 is 14.9 Å². The molecular weight excluding hydrogens is 288 g/mol. The van der Waals surface area contributed by atoms with E-state index in [0.717, 1.165) is 44.6 Å². The zero-order valence-corrected chi connectivity index (χ0v) is 14.6. The van der Waals surface area contributed by atoms with Crippen LogP contribution < -0.4 is 0 Å². The highest BCUT2D eigenvalue weighted by Crippen LogP contribution is 2.65. The van der Waals surface area contributed by atoms with E-state index < -0.39 is 0 Å². The summed E-state index contributed by atoms with van der Waals surface area (Å²) in [7, 11) is 1.83. The van der Waals surface area contributed by atoms with E-state index in [-0.39, 0.29) is 23.0 Å². The lowest BCUT2D eigenvalue weighted by Crippen LogP contribution is -2.53. The number of rotatable bonds is 2. The summed E-state index contributed by atoms with van der Waals surface area (Å²) >= 11 is 0. The highest BCUT2D eigenvalue weighted by atomic mass is 16.5. The predicted molar refractivity (Wildman–Crippen MR) is 89.9 cm³/mol. The Kier molecular flexibility index (Phi) is 3.90. The molecule has 3 fully saturated rings. The Morgan fingerprint density at radius 1 is 1.09 bits per heavy atom. The normalized spacial score (nSPS) is 52.3. The molecule has 4 rings (SSSR count). The molecule has 0 heterocycles. The van der Waals surface area contributed by atoms with E-state index in [9.17, 15) is 10.2 Å². The van der Waals surface area contributed by atoms with E-state index >= 15 is 0 Å². The van der Waals surface area contributed by atoms with E-state index in [1.165, 1.54) is 24.8 Å². The summed E-state index contributed by atoms with van der Waals surface area (Å²) in [5.74, 6) is 2.09. The number of hydrogen-bond donors (Lipinski definition) is 2. The van der Waals surface area contributed by atoms with Gasteiger partial charge < -0.3 is 14.9 Å². The van der Waals surface area contributed by atoms with E-state index in [1.807, 2.05) is 7.11 Å². The topological polar surface area (TPSA) is 49.7 Å². The van der Waals surface area contributed by atoms with Crippen LogP contribution in [0.4, 0.5) is 0 Å². The van der Waals surface area contributed by atoms with Gasteiger partial charge in [-0.2, -0.15) is 0 Å². The fraction of sp³-hybridized carbons (Fsp3) is 0.900. The van der Waals surface area contributed by atoms with E-state index in [0.29, 0.717) is 11.8 Å². The first-order valence-corrected chi connectivity index (χ1v) is 9.57. The van der Waals surface area contributed by atoms with Gasteiger partial charge in [-0.25, -0.2) is 0 Å². The Balaban J connectivity index is 1.70. The first kappa shape index (κ1) is 16.1. The number of methoxy groups -OCH3 is 1. The van der Waals surface area contributed by atoms with Gasteiger partial charge in [0.15, 0.2) is 0 Å². The third kappa shape index (κ3) is 2.19. The molecule has 23 heavy (non-hydrogen) atoms. The molecule has 3 heteroatoms. The van der Waals surface area contributed by atoms with Gasteiger partial charge in [-0.15, -0.1) is 0 Å². The Labute approximate surface area is 140 Å². The second-order valence-electron chi connectivity index (χ2n) is 8.94. The maximum atomic E-state index is 10.5. The van der Waals surface area contributed by atoms with Crippen molar-refractivity contribution in [1.29, 1.82) is 0 Å². The summed E-state index contributed by atoms with van der Waals surface area (Å²) in [6, 6.07) is 0. The molecular formula is C20H32O3. The van der Waals surface area contributed by atoms with Crippen LogP contribution in [0.1, 0.15) is 58.3 Å². The summed E-state index contributed by atoms with van der Waals surface area (Å²) in [5.41, 5.74) is 1.78. The third-order valence-electron chi connectivity index (χ3n) is 8.17. The van der Waals surface area contributed by atoms with E-state index in [2.05, 4.69) is 13.0 Å². The molecule has 0 radical (unpaired) electrons. The molecule has 2 unspecified atom stereocenters. The van der Waals surface area contributed by atoms with E-state index in [1.54, 1.807) is 0 Å². The summed E-state index contributed by atoms with van der Waals surface area (Å²) < 4.78 is 5.71. The quantitative estimate of drug-likeness (QED) is 0.768. The maximum Gasteiger partial charge on any atom is 0.0724 e. The fourth-order valence-electron chi connectivity index (χ4n) is 7.00. The second-order valence-corrected chi connectivity index (χ2v) is 8.94. The lowest BCUT2D eigenvalue weighted by molar-refractivity contribution is -0.0977. The van der Waals surface area contributed by atoms with Gasteiger partial charge >= 0.3 is 0 Å². The van der Waals surface area contributed by atoms with Crippen molar-refractivity contribution in [2.75, 3.05) is 13.7 Å². The molecule has 4 aliphatic rings. The van der Waals surface area contributed by atoms with Crippen LogP contribution in [0.3, 0.4) is 0 Å². The average molecular weight is 320 g/mol. The Hall–Kier alpha value is -0.380. The molecule has 2 N–H and O–H groups in total. The minimum Gasteiger partial charge on any atom is -0.393 e. The molecule has 0 saturated heterocycles. The van der Waals surface area contributed by atoms with Crippen molar-refractivity contribution >= 4 is 0 Å². The number of ether oxygens (including phenoxy) is 1. The van der Waals surface area contributed by atoms with Crippen LogP contribution in [0.2, 0.25) is 0 Å². The molecule has 0 spiro atoms. The van der Waals surface area contributed by atoms with Crippen molar-refractivity contribution in [3.8, 4) is 0 Å². The molecule has 0 aromatic heterocycles. The maximum absolute atomic E-state index is 10.5. The van der Waals surface area contributed by atoms with E-state index in [4.69, 9.17) is 4.74 Å². The zero-order chi connectivity index (χ0) is 16.2. The van der Waals surface area contributed by atoms with Crippen molar-refractivity contribution in [3.05, 3.63) is 11.6 Å². The highest BCUT2D eigenvalue weighted by molar-refractivity contribution is 5.26. The number of aliphatic hydroxyl groups excluding tert-OH is 2. The molecule has 0 amide bonds. The number of aliphatic hydroxyl groups is 2. The van der Waals surface area contributed by atoms with Crippen LogP contribution in [0.25, 0.3) is 0 Å². The average Bonchev–Trinajstić information content (AvgIpc) is 2.84. The minimum absolute atomic E-state index is 0.100. The fourth-order valence-corrected chi connectivity index (χ4v) is 7.00. The predicted octanol–water partition coefficient (Wildman–Crippen LogP) is 3.30. The number of fused-ring (bicyclic) bond motifs is 5. The Morgan fingerprint density at radius 3 is 2.70 bits per heavy atom. The Bertz CT molecular complexity index is 501. The molecule has 0 aliphatic heterocycles. The number of hydrogen-bond acceptors (Lipinski definition) is 3. The standard InChI is InChI=1S/C20H32O3/c1-19-9-8-17-15(16(19)5-6-18(19)22)4-3-13-11-14(21)7-10-20(13,17)12-23-2/h11,14-18,21-22H,3-10,12H2,1-2H3/t14?,15-,16-,17+,18?,19-,20+/m0/s1. The first-order chi connectivity index (χ1) is 11.0. The van der Waals surface area contributed by atoms with Crippen molar-refractivity contribution in [3.63, 3.8) is 0 Å². The van der Waals surface area contributed by atoms with Crippen molar-refractivity contribution in [1.82, 2.24) is 0 Å². The van der Waals surface area contributed by atoms with Crippen molar-refractivity contribution in [2.24, 2.45) is 28.6 Å². The van der Waals surface area contributed by atoms with Gasteiger partial charge in [0.25, 0.3) is 0 Å². The van der Waals surface area contributed by atoms with Gasteiger partial charge in [-0.3, -0.25) is 0 Å². The van der Waals surface area contributed by atoms with Crippen molar-refractivity contribution in [2.45, 2.75) is 70.5 Å². The third-order valence-corrected chi connectivity index (χ3v) is 8.17. The van der Waals surface area contributed by atoms with Crippen LogP contribution >= 0.6 is 0 Å². The first-order valence-electron chi connectivity index (χ1n) is 9.57. The molecule has 0 bridgehead atoms. The molecule has 7 atom stereocenters. The molecule has 0 aromatic rings. The lowest BCUT2D eigenvalue weighted by atomic mass is 9.47. The van der Waals surface area contributed by atoms with Gasteiger partial charge in [0.2, 0.25) is 0 Å². The van der Waals surface area contributed by atoms with Crippen LogP contribution in [0, 0.1) is 28.6 Å². The molecule has 3 saturated carbocycles. The molecule has 0 aromatic carbocycles. The highest BCUT2D eigenvalue weighted by Gasteiger charge is 2.59. The lowest BCUT2D eigenvalue weighted by Gasteiger charge is -2.59. The summed E-state index contributed by atoms with van der Waals surface area (Å²) in [4.78, 5) is 0. The van der Waals surface area contributed by atoms with Crippen LogP contribution in [0.5, 0.6) is 0 Å². The van der Waals surface area contributed by atoms with Crippen LogP contribution in [0.15, 0.2) is 11.6 Å². The van der Waals surface area contributed by atoms with Crippen LogP contribution in [-0.4, -0.2) is 36.1 Å². The van der Waals surface area contributed by atoms with Gasteiger partial charge in [0.05, 0.1) is 18.8 Å². The Morgan fingerprint density at radius 2 is 1.91 bits per heavy atom. The summed E-state index contributed by atoms with van der Waals surface area (Å²) in [6.45, 7) is 3.14. The van der Waals surface area contributed by atoms with Gasteiger partial charge in [-0.1, -0.05) is 18.6 Å².